The van der Waals surface area contributed by atoms with E-state index in [0.29, 0.717) is 17.1 Å². The number of benzene rings is 2. The summed E-state index contributed by atoms with van der Waals surface area (Å²) in [4.78, 5) is 24.4. The largest absolute Gasteiger partial charge is 0.486 e. The number of aryl methyl sites for hydroxylation is 1. The number of carboxylic acids is 1. The Morgan fingerprint density at radius 1 is 0.912 bits per heavy atom. The lowest BCUT2D eigenvalue weighted by Gasteiger charge is -2.07. The van der Waals surface area contributed by atoms with Gasteiger partial charge in [-0.25, -0.2) is 4.79 Å². The number of aromatic carboxylic acids is 1. The molecule has 0 bridgehead atoms. The predicted molar refractivity (Wildman–Crippen MR) is 129 cm³/mol. The minimum Gasteiger partial charge on any atom is -0.486 e. The van der Waals surface area contributed by atoms with E-state index in [1.807, 2.05) is 12.1 Å². The molecule has 3 aromatic rings. The van der Waals surface area contributed by atoms with Crippen molar-refractivity contribution in [2.45, 2.75) is 64.8 Å². The first-order chi connectivity index (χ1) is 16.5. The molecule has 1 N–H and O–H groups in total. The Balaban J connectivity index is 1.38. The molecule has 8 heteroatoms. The quantitative estimate of drug-likeness (QED) is 0.316. The van der Waals surface area contributed by atoms with E-state index in [9.17, 15) is 9.59 Å². The number of aromatic nitrogens is 4. The second-order valence-electron chi connectivity index (χ2n) is 8.37. The fourth-order valence-corrected chi connectivity index (χ4v) is 3.59. The highest BCUT2D eigenvalue weighted by molar-refractivity contribution is 5.88. The van der Waals surface area contributed by atoms with Crippen molar-refractivity contribution in [3.63, 3.8) is 0 Å². The first-order valence-corrected chi connectivity index (χ1v) is 11.9. The Labute approximate surface area is 200 Å². The Bertz CT molecular complexity index is 1050. The molecule has 0 saturated carbocycles. The molecule has 8 nitrogen and oxygen atoms in total. The van der Waals surface area contributed by atoms with Crippen LogP contribution in [0.3, 0.4) is 0 Å². The van der Waals surface area contributed by atoms with Crippen molar-refractivity contribution in [1.29, 1.82) is 0 Å². The smallest absolute Gasteiger partial charge is 0.335 e. The maximum absolute atomic E-state index is 12.3. The van der Waals surface area contributed by atoms with Crippen molar-refractivity contribution in [2.75, 3.05) is 6.61 Å². The molecule has 1 aromatic heterocycles. The van der Waals surface area contributed by atoms with Crippen LogP contribution in [0.5, 0.6) is 5.75 Å². The average Bonchev–Trinajstić information content (AvgIpc) is 3.31. The van der Waals surface area contributed by atoms with Crippen LogP contribution in [0.1, 0.15) is 67.8 Å². The lowest BCUT2D eigenvalue weighted by molar-refractivity contribution is -0.122. The van der Waals surface area contributed by atoms with E-state index in [0.717, 1.165) is 6.42 Å². The van der Waals surface area contributed by atoms with Gasteiger partial charge in [0.25, 0.3) is 0 Å². The molecule has 34 heavy (non-hydrogen) atoms. The molecule has 180 valence electrons. The number of hydrogen-bond acceptors (Lipinski definition) is 6. The molecule has 0 atom stereocenters. The number of unbranched alkanes of at least 4 members (excludes halogenated alkanes) is 6. The van der Waals surface area contributed by atoms with Gasteiger partial charge >= 0.3 is 5.97 Å². The lowest BCUT2D eigenvalue weighted by atomic mass is 10.0. The lowest BCUT2D eigenvalue weighted by Crippen LogP contribution is -2.19. The Kier molecular flexibility index (Phi) is 9.76. The summed E-state index contributed by atoms with van der Waals surface area (Å²) in [6.07, 6.45) is 10.1. The van der Waals surface area contributed by atoms with Crippen molar-refractivity contribution in [3.05, 3.63) is 59.7 Å². The Morgan fingerprint density at radius 2 is 1.59 bits per heavy atom. The zero-order valence-electron chi connectivity index (χ0n) is 19.7. The summed E-state index contributed by atoms with van der Waals surface area (Å²) in [7, 11) is 0. The van der Waals surface area contributed by atoms with Crippen LogP contribution in [0.15, 0.2) is 48.5 Å². The Hall–Kier alpha value is -3.55. The van der Waals surface area contributed by atoms with E-state index in [4.69, 9.17) is 9.84 Å². The molecule has 0 radical (unpaired) electrons. The highest BCUT2D eigenvalue weighted by atomic mass is 16.5. The molecule has 2 aromatic carbocycles. The normalized spacial score (nSPS) is 10.9. The summed E-state index contributed by atoms with van der Waals surface area (Å²) < 4.78 is 5.61. The topological polar surface area (TPSA) is 107 Å². The zero-order chi connectivity index (χ0) is 24.2. The molecular weight excluding hydrogens is 432 g/mol. The average molecular weight is 465 g/mol. The molecule has 0 aliphatic rings. The van der Waals surface area contributed by atoms with Gasteiger partial charge in [0.05, 0.1) is 5.56 Å². The summed E-state index contributed by atoms with van der Waals surface area (Å²) in [5, 5.41) is 21.0. The number of carbonyl (C=O) groups excluding carboxylic acids is 1. The minimum absolute atomic E-state index is 0.0590. The van der Waals surface area contributed by atoms with Gasteiger partial charge in [0, 0.05) is 5.56 Å². The van der Waals surface area contributed by atoms with Gasteiger partial charge in [-0.2, -0.15) is 4.80 Å². The summed E-state index contributed by atoms with van der Waals surface area (Å²) in [6.45, 7) is 2.10. The third-order valence-corrected chi connectivity index (χ3v) is 5.55. The van der Waals surface area contributed by atoms with Gasteiger partial charge in [0.1, 0.15) is 18.9 Å². The van der Waals surface area contributed by atoms with Crippen LogP contribution in [0, 0.1) is 0 Å². The SMILES string of the molecule is CCCCCCCCCc1ccc(OCC(=O)Cn2nnc(-c3ccc(C(=O)O)cc3)n2)cc1. The van der Waals surface area contributed by atoms with E-state index in [1.165, 1.54) is 67.4 Å². The molecule has 0 amide bonds. The monoisotopic (exact) mass is 464 g/mol. The standard InChI is InChI=1S/C26H32N4O4/c1-2-3-4-5-6-7-8-9-20-10-16-24(17-11-20)34-19-23(31)18-30-28-25(27-29-30)21-12-14-22(15-13-21)26(32)33/h10-17H,2-9,18-19H2,1H3,(H,32,33). The van der Waals surface area contributed by atoms with Crippen molar-refractivity contribution in [2.24, 2.45) is 0 Å². The van der Waals surface area contributed by atoms with E-state index < -0.39 is 5.97 Å². The fraction of sp³-hybridized carbons (Fsp3) is 0.423. The van der Waals surface area contributed by atoms with Gasteiger partial charge < -0.3 is 9.84 Å². The van der Waals surface area contributed by atoms with E-state index in [2.05, 4.69) is 34.5 Å². The highest BCUT2D eigenvalue weighted by Gasteiger charge is 2.11. The van der Waals surface area contributed by atoms with Crippen LogP contribution in [0.25, 0.3) is 11.4 Å². The van der Waals surface area contributed by atoms with Crippen molar-refractivity contribution < 1.29 is 19.4 Å². The summed E-state index contributed by atoms with van der Waals surface area (Å²) in [5.41, 5.74) is 2.08. The fourth-order valence-electron chi connectivity index (χ4n) is 3.59. The molecule has 3 rings (SSSR count). The first kappa shape index (κ1) is 25.1. The number of ether oxygens (including phenoxy) is 1. The number of ketones is 1. The number of Topliss-reactive ketones (excluding diaryl/α,β-unsaturated/α-hetero) is 1. The maximum Gasteiger partial charge on any atom is 0.335 e. The Morgan fingerprint density at radius 3 is 2.26 bits per heavy atom. The van der Waals surface area contributed by atoms with E-state index in [-0.39, 0.29) is 24.5 Å². The number of carbonyl (C=O) groups is 2. The van der Waals surface area contributed by atoms with Gasteiger partial charge in [0.15, 0.2) is 5.78 Å². The van der Waals surface area contributed by atoms with Gasteiger partial charge in [-0.1, -0.05) is 69.7 Å². The van der Waals surface area contributed by atoms with Gasteiger partial charge in [-0.15, -0.1) is 10.2 Å². The highest BCUT2D eigenvalue weighted by Crippen LogP contribution is 2.16. The van der Waals surface area contributed by atoms with Crippen molar-refractivity contribution in [1.82, 2.24) is 20.2 Å². The molecule has 0 unspecified atom stereocenters. The third kappa shape index (κ3) is 8.10. The van der Waals surface area contributed by atoms with E-state index in [1.54, 1.807) is 12.1 Å². The number of nitrogens with zero attached hydrogens (tertiary/aromatic N) is 4. The van der Waals surface area contributed by atoms with Gasteiger partial charge in [-0.3, -0.25) is 4.79 Å². The molecule has 1 heterocycles. The maximum atomic E-state index is 12.3. The van der Waals surface area contributed by atoms with Crippen LogP contribution < -0.4 is 4.74 Å². The van der Waals surface area contributed by atoms with Crippen molar-refractivity contribution >= 4 is 11.8 Å². The third-order valence-electron chi connectivity index (χ3n) is 5.55. The summed E-state index contributed by atoms with van der Waals surface area (Å²) >= 11 is 0. The molecule has 0 aliphatic heterocycles. The summed E-state index contributed by atoms with van der Waals surface area (Å²) in [6, 6.07) is 14.1. The summed E-state index contributed by atoms with van der Waals surface area (Å²) in [5.74, 6) is -0.210. The first-order valence-electron chi connectivity index (χ1n) is 11.9. The molecule has 0 spiro atoms. The molecule has 0 fully saturated rings. The second-order valence-corrected chi connectivity index (χ2v) is 8.37. The number of carboxylic acid groups (broad SMARTS) is 1. The second kappa shape index (κ2) is 13.2. The van der Waals surface area contributed by atoms with E-state index >= 15 is 0 Å². The van der Waals surface area contributed by atoms with Gasteiger partial charge in [-0.05, 0) is 47.9 Å². The zero-order valence-corrected chi connectivity index (χ0v) is 19.7. The van der Waals surface area contributed by atoms with Crippen LogP contribution in [-0.4, -0.2) is 43.7 Å². The number of hydrogen-bond donors (Lipinski definition) is 1. The molecule has 0 aliphatic carbocycles. The van der Waals surface area contributed by atoms with Crippen LogP contribution in [0.2, 0.25) is 0 Å². The number of tetrazole rings is 1. The van der Waals surface area contributed by atoms with Crippen LogP contribution in [-0.2, 0) is 17.8 Å². The predicted octanol–water partition coefficient (Wildman–Crippen LogP) is 4.98. The number of rotatable bonds is 15. The van der Waals surface area contributed by atoms with Gasteiger partial charge in [0.2, 0.25) is 5.82 Å². The molecule has 0 saturated heterocycles. The van der Waals surface area contributed by atoms with Crippen LogP contribution >= 0.6 is 0 Å². The molecular formula is C26H32N4O4. The van der Waals surface area contributed by atoms with Crippen LogP contribution in [0.4, 0.5) is 0 Å². The van der Waals surface area contributed by atoms with Crippen molar-refractivity contribution in [3.8, 4) is 17.1 Å². The minimum atomic E-state index is -1.00.